The fraction of sp³-hybridized carbons (Fsp3) is 0.357. The number of ether oxygens (including phenoxy) is 1. The zero-order chi connectivity index (χ0) is 14.7. The summed E-state index contributed by atoms with van der Waals surface area (Å²) in [5.74, 6) is -1.02. The number of halogens is 1. The molecule has 0 saturated carbocycles. The van der Waals surface area contributed by atoms with Gasteiger partial charge in [0.05, 0.1) is 6.61 Å². The van der Waals surface area contributed by atoms with Crippen molar-refractivity contribution in [3.05, 3.63) is 35.5 Å². The minimum Gasteiger partial charge on any atom is -0.465 e. The molecule has 106 valence electrons. The highest BCUT2D eigenvalue weighted by Gasteiger charge is 2.23. The van der Waals surface area contributed by atoms with Gasteiger partial charge in [-0.05, 0) is 32.4 Å². The van der Waals surface area contributed by atoms with Crippen LogP contribution in [0.25, 0.3) is 11.4 Å². The van der Waals surface area contributed by atoms with Crippen molar-refractivity contribution in [2.75, 3.05) is 6.61 Å². The maximum Gasteiger partial charge on any atom is 0.318 e. The number of rotatable bonds is 4. The van der Waals surface area contributed by atoms with Crippen LogP contribution in [0.15, 0.2) is 22.7 Å². The summed E-state index contributed by atoms with van der Waals surface area (Å²) >= 11 is 0. The van der Waals surface area contributed by atoms with Gasteiger partial charge in [0.2, 0.25) is 11.7 Å². The normalized spacial score (nSPS) is 12.2. The van der Waals surface area contributed by atoms with Gasteiger partial charge < -0.3 is 9.26 Å². The summed E-state index contributed by atoms with van der Waals surface area (Å²) in [6.45, 7) is 5.29. The Bertz CT molecular complexity index is 625. The van der Waals surface area contributed by atoms with Crippen LogP contribution in [0.1, 0.15) is 31.2 Å². The van der Waals surface area contributed by atoms with Crippen LogP contribution >= 0.6 is 0 Å². The Balaban J connectivity index is 2.24. The van der Waals surface area contributed by atoms with Crippen molar-refractivity contribution in [3.8, 4) is 11.4 Å². The van der Waals surface area contributed by atoms with Gasteiger partial charge in [0.1, 0.15) is 11.7 Å². The van der Waals surface area contributed by atoms with E-state index in [0.29, 0.717) is 11.1 Å². The topological polar surface area (TPSA) is 65.2 Å². The van der Waals surface area contributed by atoms with Gasteiger partial charge in [-0.3, -0.25) is 4.79 Å². The van der Waals surface area contributed by atoms with E-state index in [9.17, 15) is 9.18 Å². The fourth-order valence-electron chi connectivity index (χ4n) is 1.63. The molecule has 0 N–H and O–H groups in total. The van der Waals surface area contributed by atoms with Crippen LogP contribution in [0.4, 0.5) is 4.39 Å². The Hall–Kier alpha value is -2.24. The summed E-state index contributed by atoms with van der Waals surface area (Å²) in [6, 6.07) is 4.66. The number of benzene rings is 1. The van der Waals surface area contributed by atoms with E-state index in [1.54, 1.807) is 32.9 Å². The molecule has 2 aromatic rings. The van der Waals surface area contributed by atoms with Gasteiger partial charge in [-0.1, -0.05) is 17.3 Å². The van der Waals surface area contributed by atoms with Crippen LogP contribution in [0.2, 0.25) is 0 Å². The van der Waals surface area contributed by atoms with Crippen molar-refractivity contribution in [2.45, 2.75) is 26.7 Å². The monoisotopic (exact) mass is 278 g/mol. The van der Waals surface area contributed by atoms with Crippen molar-refractivity contribution in [1.82, 2.24) is 10.1 Å². The first-order valence-corrected chi connectivity index (χ1v) is 6.29. The molecule has 2 rings (SSSR count). The molecule has 5 nitrogen and oxygen atoms in total. The van der Waals surface area contributed by atoms with E-state index in [0.717, 1.165) is 0 Å². The molecular formula is C14H15FN2O3. The molecule has 1 heterocycles. The van der Waals surface area contributed by atoms with E-state index in [-0.39, 0.29) is 24.1 Å². The lowest BCUT2D eigenvalue weighted by Gasteiger charge is -2.04. The third kappa shape index (κ3) is 2.84. The van der Waals surface area contributed by atoms with Crippen LogP contribution in [-0.2, 0) is 9.53 Å². The molecule has 1 aromatic heterocycles. The zero-order valence-corrected chi connectivity index (χ0v) is 11.5. The van der Waals surface area contributed by atoms with Gasteiger partial charge in [0, 0.05) is 5.56 Å². The third-order valence-electron chi connectivity index (χ3n) is 2.88. The quantitative estimate of drug-likeness (QED) is 0.804. The van der Waals surface area contributed by atoms with E-state index in [4.69, 9.17) is 9.26 Å². The number of aromatic nitrogens is 2. The second kappa shape index (κ2) is 5.81. The van der Waals surface area contributed by atoms with Crippen molar-refractivity contribution in [1.29, 1.82) is 0 Å². The van der Waals surface area contributed by atoms with Gasteiger partial charge in [0.15, 0.2) is 0 Å². The van der Waals surface area contributed by atoms with E-state index >= 15 is 0 Å². The Morgan fingerprint density at radius 3 is 2.90 bits per heavy atom. The Kier molecular flexibility index (Phi) is 4.12. The summed E-state index contributed by atoms with van der Waals surface area (Å²) in [5, 5.41) is 3.76. The second-order valence-electron chi connectivity index (χ2n) is 4.39. The Morgan fingerprint density at radius 1 is 1.50 bits per heavy atom. The largest absolute Gasteiger partial charge is 0.465 e. The lowest BCUT2D eigenvalue weighted by Crippen LogP contribution is -2.13. The fourth-order valence-corrected chi connectivity index (χ4v) is 1.63. The number of esters is 1. The Labute approximate surface area is 115 Å². The molecule has 20 heavy (non-hydrogen) atoms. The molecule has 0 spiro atoms. The first-order chi connectivity index (χ1) is 9.52. The highest BCUT2D eigenvalue weighted by atomic mass is 19.1. The molecule has 0 radical (unpaired) electrons. The molecule has 1 atom stereocenters. The standard InChI is InChI=1S/C14H15FN2O3/c1-4-19-14(18)9(3)13-16-12(17-20-13)10-6-5-8(2)11(15)7-10/h5-7,9H,4H2,1-3H3. The molecule has 6 heteroatoms. The molecule has 0 fully saturated rings. The highest BCUT2D eigenvalue weighted by molar-refractivity contribution is 5.76. The summed E-state index contributed by atoms with van der Waals surface area (Å²) in [4.78, 5) is 15.7. The number of hydrogen-bond donors (Lipinski definition) is 0. The predicted octanol–water partition coefficient (Wildman–Crippen LogP) is 2.85. The van der Waals surface area contributed by atoms with Crippen molar-refractivity contribution >= 4 is 5.97 Å². The van der Waals surface area contributed by atoms with E-state index in [2.05, 4.69) is 10.1 Å². The van der Waals surface area contributed by atoms with E-state index in [1.807, 2.05) is 0 Å². The van der Waals surface area contributed by atoms with Gasteiger partial charge in [-0.25, -0.2) is 4.39 Å². The number of nitrogens with zero attached hydrogens (tertiary/aromatic N) is 2. The van der Waals surface area contributed by atoms with Crippen LogP contribution in [0, 0.1) is 12.7 Å². The van der Waals surface area contributed by atoms with Crippen molar-refractivity contribution in [3.63, 3.8) is 0 Å². The average Bonchev–Trinajstić information content (AvgIpc) is 2.91. The van der Waals surface area contributed by atoms with Gasteiger partial charge in [0.25, 0.3) is 0 Å². The molecular weight excluding hydrogens is 263 g/mol. The second-order valence-corrected chi connectivity index (χ2v) is 4.39. The molecule has 0 amide bonds. The summed E-state index contributed by atoms with van der Waals surface area (Å²) in [5.41, 5.74) is 1.04. The zero-order valence-electron chi connectivity index (χ0n) is 11.5. The first-order valence-electron chi connectivity index (χ1n) is 6.29. The average molecular weight is 278 g/mol. The van der Waals surface area contributed by atoms with Crippen LogP contribution in [-0.4, -0.2) is 22.7 Å². The number of carbonyl (C=O) groups excluding carboxylic acids is 1. The Morgan fingerprint density at radius 2 is 2.25 bits per heavy atom. The van der Waals surface area contributed by atoms with Crippen LogP contribution < -0.4 is 0 Å². The van der Waals surface area contributed by atoms with Gasteiger partial charge in [-0.15, -0.1) is 0 Å². The molecule has 1 unspecified atom stereocenters. The number of aryl methyl sites for hydroxylation is 1. The van der Waals surface area contributed by atoms with E-state index in [1.165, 1.54) is 6.07 Å². The smallest absolute Gasteiger partial charge is 0.318 e. The highest BCUT2D eigenvalue weighted by Crippen LogP contribution is 2.22. The molecule has 0 aliphatic rings. The SMILES string of the molecule is CCOC(=O)C(C)c1nc(-c2ccc(C)c(F)c2)no1. The van der Waals surface area contributed by atoms with Gasteiger partial charge in [-0.2, -0.15) is 4.98 Å². The lowest BCUT2D eigenvalue weighted by molar-refractivity contribution is -0.145. The first kappa shape index (κ1) is 14.2. The third-order valence-corrected chi connectivity index (χ3v) is 2.88. The number of hydrogen-bond acceptors (Lipinski definition) is 5. The van der Waals surface area contributed by atoms with Gasteiger partial charge >= 0.3 is 5.97 Å². The van der Waals surface area contributed by atoms with Crippen LogP contribution in [0.3, 0.4) is 0 Å². The van der Waals surface area contributed by atoms with Crippen molar-refractivity contribution in [2.24, 2.45) is 0 Å². The summed E-state index contributed by atoms with van der Waals surface area (Å²) < 4.78 is 23.4. The minimum absolute atomic E-state index is 0.152. The molecule has 0 aliphatic heterocycles. The van der Waals surface area contributed by atoms with Crippen LogP contribution in [0.5, 0.6) is 0 Å². The maximum atomic E-state index is 13.5. The lowest BCUT2D eigenvalue weighted by atomic mass is 10.1. The van der Waals surface area contributed by atoms with Crippen molar-refractivity contribution < 1.29 is 18.4 Å². The molecule has 0 aliphatic carbocycles. The molecule has 0 bridgehead atoms. The molecule has 1 aromatic carbocycles. The minimum atomic E-state index is -0.647. The predicted molar refractivity (Wildman–Crippen MR) is 69.5 cm³/mol. The molecule has 0 saturated heterocycles. The summed E-state index contributed by atoms with van der Waals surface area (Å²) in [6.07, 6.45) is 0. The maximum absolute atomic E-state index is 13.5. The number of carbonyl (C=O) groups is 1. The summed E-state index contributed by atoms with van der Waals surface area (Å²) in [7, 11) is 0. The van der Waals surface area contributed by atoms with E-state index < -0.39 is 11.9 Å².